The van der Waals surface area contributed by atoms with Gasteiger partial charge in [0.25, 0.3) is 0 Å². The monoisotopic (exact) mass is 112 g/mol. The van der Waals surface area contributed by atoms with Gasteiger partial charge in [-0.15, -0.1) is 0 Å². The van der Waals surface area contributed by atoms with Crippen LogP contribution in [0, 0.1) is 5.92 Å². The first-order valence-electron chi connectivity index (χ1n) is 3.57. The first-order chi connectivity index (χ1) is 3.95. The highest BCUT2D eigenvalue weighted by Crippen LogP contribution is 2.34. The van der Waals surface area contributed by atoms with Crippen LogP contribution in [0.1, 0.15) is 25.7 Å². The molecule has 1 saturated heterocycles. The smallest absolute Gasteiger partial charge is 0.0577 e. The van der Waals surface area contributed by atoms with Crippen molar-refractivity contribution >= 4 is 0 Å². The molecule has 0 aromatic rings. The fraction of sp³-hybridized carbons (Fsp3) is 1.00. The fourth-order valence-corrected chi connectivity index (χ4v) is 1.84. The Bertz CT molecular complexity index is 76.4. The van der Waals surface area contributed by atoms with E-state index in [1.54, 1.807) is 0 Å². The van der Waals surface area contributed by atoms with Crippen molar-refractivity contribution in [2.24, 2.45) is 5.92 Å². The lowest BCUT2D eigenvalue weighted by atomic mass is 10.0. The maximum atomic E-state index is 5.47. The number of rotatable bonds is 0. The molecule has 0 spiro atoms. The number of hydrogen-bond donors (Lipinski definition) is 0. The van der Waals surface area contributed by atoms with Gasteiger partial charge in [0.05, 0.1) is 6.10 Å². The van der Waals surface area contributed by atoms with Crippen molar-refractivity contribution in [1.29, 1.82) is 0 Å². The predicted octanol–water partition coefficient (Wildman–Crippen LogP) is 1.58. The summed E-state index contributed by atoms with van der Waals surface area (Å²) >= 11 is 0. The first kappa shape index (κ1) is 4.80. The molecule has 1 heterocycles. The lowest BCUT2D eigenvalue weighted by molar-refractivity contribution is 0.0256. The largest absolute Gasteiger partial charge is 0.378 e. The van der Waals surface area contributed by atoms with E-state index in [9.17, 15) is 0 Å². The number of fused-ring (bicyclic) bond motifs is 2. The van der Waals surface area contributed by atoms with Crippen molar-refractivity contribution in [3.63, 3.8) is 0 Å². The second-order valence-corrected chi connectivity index (χ2v) is 2.96. The van der Waals surface area contributed by atoms with Gasteiger partial charge in [0.2, 0.25) is 0 Å². The zero-order chi connectivity index (χ0) is 5.40. The summed E-state index contributed by atoms with van der Waals surface area (Å²) in [6, 6.07) is 0. The molecule has 0 radical (unpaired) electrons. The molecule has 2 rings (SSSR count). The molecule has 2 aliphatic rings. The predicted molar refractivity (Wildman–Crippen MR) is 31.7 cm³/mol. The summed E-state index contributed by atoms with van der Waals surface area (Å²) in [7, 11) is 0. The molecule has 2 bridgehead atoms. The standard InChI is InChI=1S/C7H12O/c1-2-7-5-6(1)3-4-8-7/h6-7H,1-5H2. The van der Waals surface area contributed by atoms with Crippen molar-refractivity contribution in [3.05, 3.63) is 0 Å². The van der Waals surface area contributed by atoms with Gasteiger partial charge >= 0.3 is 0 Å². The quantitative estimate of drug-likeness (QED) is 0.462. The maximum Gasteiger partial charge on any atom is 0.0577 e. The third kappa shape index (κ3) is 0.655. The molecule has 0 amide bonds. The summed E-state index contributed by atoms with van der Waals surface area (Å²) < 4.78 is 5.47. The normalized spacial score (nSPS) is 45.0. The SMILES string of the molecule is C1CC2CCC(C2)O1. The van der Waals surface area contributed by atoms with E-state index >= 15 is 0 Å². The third-order valence-corrected chi connectivity index (χ3v) is 2.37. The Morgan fingerprint density at radius 1 is 1.12 bits per heavy atom. The summed E-state index contributed by atoms with van der Waals surface area (Å²) in [4.78, 5) is 0. The molecule has 1 heteroatoms. The highest BCUT2D eigenvalue weighted by molar-refractivity contribution is 4.79. The molecular formula is C7H12O. The topological polar surface area (TPSA) is 9.23 Å². The Balaban J connectivity index is 2.03. The Morgan fingerprint density at radius 3 is 2.88 bits per heavy atom. The zero-order valence-corrected chi connectivity index (χ0v) is 5.10. The summed E-state index contributed by atoms with van der Waals surface area (Å²) in [6.07, 6.45) is 6.12. The Labute approximate surface area is 50.0 Å². The molecule has 0 aromatic heterocycles. The Hall–Kier alpha value is -0.0400. The molecule has 2 unspecified atom stereocenters. The molecule has 1 nitrogen and oxygen atoms in total. The molecule has 0 aromatic carbocycles. The molecule has 2 fully saturated rings. The number of ether oxygens (including phenoxy) is 1. The van der Waals surface area contributed by atoms with E-state index < -0.39 is 0 Å². The molecule has 0 N–H and O–H groups in total. The third-order valence-electron chi connectivity index (χ3n) is 2.37. The highest BCUT2D eigenvalue weighted by atomic mass is 16.5. The highest BCUT2D eigenvalue weighted by Gasteiger charge is 2.28. The van der Waals surface area contributed by atoms with E-state index in [1.165, 1.54) is 25.7 Å². The minimum atomic E-state index is 0.661. The van der Waals surface area contributed by atoms with Crippen molar-refractivity contribution in [2.75, 3.05) is 6.61 Å². The Morgan fingerprint density at radius 2 is 2.12 bits per heavy atom. The van der Waals surface area contributed by atoms with Crippen LogP contribution in [0.3, 0.4) is 0 Å². The molecule has 1 aliphatic heterocycles. The van der Waals surface area contributed by atoms with Gasteiger partial charge in [-0.3, -0.25) is 0 Å². The molecule has 2 atom stereocenters. The van der Waals surface area contributed by atoms with Gasteiger partial charge in [-0.05, 0) is 31.6 Å². The zero-order valence-electron chi connectivity index (χ0n) is 5.10. The van der Waals surface area contributed by atoms with Crippen molar-refractivity contribution < 1.29 is 4.74 Å². The van der Waals surface area contributed by atoms with Crippen molar-refractivity contribution in [3.8, 4) is 0 Å². The summed E-state index contributed by atoms with van der Waals surface area (Å²) in [6.45, 7) is 1.04. The lowest BCUT2D eigenvalue weighted by Gasteiger charge is -2.18. The van der Waals surface area contributed by atoms with Crippen LogP contribution in [0.5, 0.6) is 0 Å². The average Bonchev–Trinajstić information content (AvgIpc) is 2.12. The van der Waals surface area contributed by atoms with Crippen LogP contribution in [0.25, 0.3) is 0 Å². The summed E-state index contributed by atoms with van der Waals surface area (Å²) in [5.41, 5.74) is 0. The minimum absolute atomic E-state index is 0.661. The van der Waals surface area contributed by atoms with Crippen LogP contribution in [-0.2, 0) is 4.74 Å². The van der Waals surface area contributed by atoms with Gasteiger partial charge in [-0.25, -0.2) is 0 Å². The van der Waals surface area contributed by atoms with E-state index in [1.807, 2.05) is 0 Å². The molecule has 1 aliphatic carbocycles. The van der Waals surface area contributed by atoms with Crippen molar-refractivity contribution in [2.45, 2.75) is 31.8 Å². The van der Waals surface area contributed by atoms with Crippen LogP contribution >= 0.6 is 0 Å². The van der Waals surface area contributed by atoms with Gasteiger partial charge in [-0.2, -0.15) is 0 Å². The van der Waals surface area contributed by atoms with Crippen molar-refractivity contribution in [1.82, 2.24) is 0 Å². The second kappa shape index (κ2) is 1.73. The van der Waals surface area contributed by atoms with Gasteiger partial charge in [-0.1, -0.05) is 0 Å². The summed E-state index contributed by atoms with van der Waals surface area (Å²) in [5, 5.41) is 0. The minimum Gasteiger partial charge on any atom is -0.378 e. The van der Waals surface area contributed by atoms with Crippen LogP contribution in [0.4, 0.5) is 0 Å². The van der Waals surface area contributed by atoms with E-state index in [0.717, 1.165) is 12.5 Å². The number of hydrogen-bond acceptors (Lipinski definition) is 1. The summed E-state index contributed by atoms with van der Waals surface area (Å²) in [5.74, 6) is 1.04. The maximum absolute atomic E-state index is 5.47. The molecular weight excluding hydrogens is 100 g/mol. The van der Waals surface area contributed by atoms with E-state index in [0.29, 0.717) is 6.10 Å². The van der Waals surface area contributed by atoms with Gasteiger partial charge in [0, 0.05) is 6.61 Å². The van der Waals surface area contributed by atoms with Crippen LogP contribution in [-0.4, -0.2) is 12.7 Å². The van der Waals surface area contributed by atoms with Crippen LogP contribution < -0.4 is 0 Å². The molecule has 1 saturated carbocycles. The first-order valence-corrected chi connectivity index (χ1v) is 3.57. The lowest BCUT2D eigenvalue weighted by Crippen LogP contribution is -2.16. The van der Waals surface area contributed by atoms with Gasteiger partial charge in [0.15, 0.2) is 0 Å². The van der Waals surface area contributed by atoms with E-state index in [-0.39, 0.29) is 0 Å². The molecule has 46 valence electrons. The van der Waals surface area contributed by atoms with Gasteiger partial charge < -0.3 is 4.74 Å². The van der Waals surface area contributed by atoms with E-state index in [2.05, 4.69) is 0 Å². The second-order valence-electron chi connectivity index (χ2n) is 2.96. The molecule has 8 heavy (non-hydrogen) atoms. The Kier molecular flexibility index (Phi) is 1.04. The van der Waals surface area contributed by atoms with Crippen LogP contribution in [0.15, 0.2) is 0 Å². The van der Waals surface area contributed by atoms with Crippen LogP contribution in [0.2, 0.25) is 0 Å². The average molecular weight is 112 g/mol. The fourth-order valence-electron chi connectivity index (χ4n) is 1.84. The van der Waals surface area contributed by atoms with Gasteiger partial charge in [0.1, 0.15) is 0 Å². The van der Waals surface area contributed by atoms with E-state index in [4.69, 9.17) is 4.74 Å².